The van der Waals surface area contributed by atoms with E-state index < -0.39 is 0 Å². The van der Waals surface area contributed by atoms with E-state index in [4.69, 9.17) is 16.3 Å². The van der Waals surface area contributed by atoms with Crippen LogP contribution in [0.4, 0.5) is 0 Å². The Balaban J connectivity index is 2.09. The van der Waals surface area contributed by atoms with Crippen LogP contribution in [0.15, 0.2) is 48.5 Å². The van der Waals surface area contributed by atoms with Gasteiger partial charge in [0.15, 0.2) is 0 Å². The summed E-state index contributed by atoms with van der Waals surface area (Å²) in [4.78, 5) is 0. The number of hydrogen-bond donors (Lipinski definition) is 0. The van der Waals surface area contributed by atoms with E-state index >= 15 is 0 Å². The average Bonchev–Trinajstić information content (AvgIpc) is 2.39. The van der Waals surface area contributed by atoms with Crippen molar-refractivity contribution in [2.75, 3.05) is 0 Å². The van der Waals surface area contributed by atoms with Crippen LogP contribution in [-0.4, -0.2) is 0 Å². The summed E-state index contributed by atoms with van der Waals surface area (Å²) in [5.74, 6) is 0.759. The third-order valence-corrected chi connectivity index (χ3v) is 3.09. The molecule has 0 spiro atoms. The Bertz CT molecular complexity index is 480. The van der Waals surface area contributed by atoms with Crippen LogP contribution in [0, 0.1) is 0 Å². The minimum atomic E-state index is 0.549. The molecule has 2 aromatic carbocycles. The van der Waals surface area contributed by atoms with E-state index in [9.17, 15) is 0 Å². The number of halogens is 1. The molecule has 0 aliphatic heterocycles. The van der Waals surface area contributed by atoms with Crippen LogP contribution in [0.2, 0.25) is 5.02 Å². The standard InChI is InChI=1S/C15H15ClO/c1-2-13-9-6-10-14(15(13)16)17-11-12-7-4-3-5-8-12/h3-10H,2,11H2,1H3. The van der Waals surface area contributed by atoms with Gasteiger partial charge in [-0.2, -0.15) is 0 Å². The summed E-state index contributed by atoms with van der Waals surface area (Å²) in [6.45, 7) is 2.63. The molecule has 0 unspecified atom stereocenters. The van der Waals surface area contributed by atoms with Crippen LogP contribution >= 0.6 is 11.6 Å². The maximum absolute atomic E-state index is 6.25. The quantitative estimate of drug-likeness (QED) is 0.773. The van der Waals surface area contributed by atoms with Crippen LogP contribution < -0.4 is 4.74 Å². The van der Waals surface area contributed by atoms with Crippen molar-refractivity contribution in [3.8, 4) is 5.75 Å². The maximum atomic E-state index is 6.25. The fourth-order valence-corrected chi connectivity index (χ4v) is 1.99. The lowest BCUT2D eigenvalue weighted by Crippen LogP contribution is -1.96. The molecule has 88 valence electrons. The molecule has 0 radical (unpaired) electrons. The number of hydrogen-bond acceptors (Lipinski definition) is 1. The van der Waals surface area contributed by atoms with Gasteiger partial charge in [-0.15, -0.1) is 0 Å². The lowest BCUT2D eigenvalue weighted by molar-refractivity contribution is 0.306. The Morgan fingerprint density at radius 2 is 1.76 bits per heavy atom. The van der Waals surface area contributed by atoms with Crippen LogP contribution in [-0.2, 0) is 13.0 Å². The molecule has 0 aromatic heterocycles. The highest BCUT2D eigenvalue weighted by Gasteiger charge is 2.05. The Hall–Kier alpha value is -1.47. The molecule has 2 aromatic rings. The highest BCUT2D eigenvalue weighted by molar-refractivity contribution is 6.32. The first kappa shape index (κ1) is 12.0. The van der Waals surface area contributed by atoms with E-state index in [-0.39, 0.29) is 0 Å². The zero-order valence-electron chi connectivity index (χ0n) is 9.82. The number of ether oxygens (including phenoxy) is 1. The van der Waals surface area contributed by atoms with Gasteiger partial charge in [-0.05, 0) is 23.6 Å². The lowest BCUT2D eigenvalue weighted by Gasteiger charge is -2.10. The van der Waals surface area contributed by atoms with E-state index in [2.05, 4.69) is 6.92 Å². The largest absolute Gasteiger partial charge is 0.487 e. The molecule has 0 aliphatic rings. The molecule has 0 heterocycles. The van der Waals surface area contributed by atoms with Crippen molar-refractivity contribution in [3.63, 3.8) is 0 Å². The predicted octanol–water partition coefficient (Wildman–Crippen LogP) is 4.48. The van der Waals surface area contributed by atoms with Crippen molar-refractivity contribution in [2.24, 2.45) is 0 Å². The maximum Gasteiger partial charge on any atom is 0.138 e. The summed E-state index contributed by atoms with van der Waals surface area (Å²) >= 11 is 6.25. The molecular formula is C15H15ClO. The molecule has 0 saturated heterocycles. The van der Waals surface area contributed by atoms with E-state index in [1.54, 1.807) is 0 Å². The first-order valence-corrected chi connectivity index (χ1v) is 6.13. The third kappa shape index (κ3) is 3.01. The second-order valence-corrected chi connectivity index (χ2v) is 4.24. The normalized spacial score (nSPS) is 10.2. The summed E-state index contributed by atoms with van der Waals surface area (Å²) in [5, 5.41) is 0.728. The molecule has 1 nitrogen and oxygen atoms in total. The Morgan fingerprint density at radius 3 is 2.47 bits per heavy atom. The van der Waals surface area contributed by atoms with Crippen molar-refractivity contribution >= 4 is 11.6 Å². The van der Waals surface area contributed by atoms with Crippen LogP contribution in [0.3, 0.4) is 0 Å². The van der Waals surface area contributed by atoms with E-state index in [0.717, 1.165) is 28.3 Å². The van der Waals surface area contributed by atoms with Crippen molar-refractivity contribution in [3.05, 3.63) is 64.7 Å². The fourth-order valence-electron chi connectivity index (χ4n) is 1.68. The Kier molecular flexibility index (Phi) is 4.05. The van der Waals surface area contributed by atoms with Crippen molar-refractivity contribution in [1.29, 1.82) is 0 Å². The summed E-state index contributed by atoms with van der Waals surface area (Å²) in [6.07, 6.45) is 0.918. The highest BCUT2D eigenvalue weighted by atomic mass is 35.5. The van der Waals surface area contributed by atoms with E-state index in [0.29, 0.717) is 6.61 Å². The average molecular weight is 247 g/mol. The smallest absolute Gasteiger partial charge is 0.138 e. The van der Waals surface area contributed by atoms with Gasteiger partial charge in [-0.1, -0.05) is 61.0 Å². The molecule has 0 N–H and O–H groups in total. The second-order valence-electron chi connectivity index (χ2n) is 3.86. The highest BCUT2D eigenvalue weighted by Crippen LogP contribution is 2.28. The molecule has 0 fully saturated rings. The Morgan fingerprint density at radius 1 is 1.00 bits per heavy atom. The van der Waals surface area contributed by atoms with E-state index in [1.807, 2.05) is 48.5 Å². The summed E-state index contributed by atoms with van der Waals surface area (Å²) in [5.41, 5.74) is 2.27. The summed E-state index contributed by atoms with van der Waals surface area (Å²) in [7, 11) is 0. The van der Waals surface area contributed by atoms with Crippen LogP contribution in [0.25, 0.3) is 0 Å². The molecule has 2 rings (SSSR count). The van der Waals surface area contributed by atoms with E-state index in [1.165, 1.54) is 0 Å². The van der Waals surface area contributed by atoms with Crippen molar-refractivity contribution in [1.82, 2.24) is 0 Å². The number of aryl methyl sites for hydroxylation is 1. The molecule has 0 amide bonds. The SMILES string of the molecule is CCc1cccc(OCc2ccccc2)c1Cl. The van der Waals surface area contributed by atoms with Crippen LogP contribution in [0.1, 0.15) is 18.1 Å². The molecular weight excluding hydrogens is 232 g/mol. The van der Waals surface area contributed by atoms with Gasteiger partial charge in [0.05, 0.1) is 5.02 Å². The molecule has 0 bridgehead atoms. The molecule has 0 saturated carbocycles. The van der Waals surface area contributed by atoms with Gasteiger partial charge in [0, 0.05) is 0 Å². The summed E-state index contributed by atoms with van der Waals surface area (Å²) < 4.78 is 5.73. The number of rotatable bonds is 4. The first-order valence-electron chi connectivity index (χ1n) is 5.75. The second kappa shape index (κ2) is 5.74. The topological polar surface area (TPSA) is 9.23 Å². The van der Waals surface area contributed by atoms with Gasteiger partial charge in [-0.3, -0.25) is 0 Å². The minimum Gasteiger partial charge on any atom is -0.487 e. The first-order chi connectivity index (χ1) is 8.31. The predicted molar refractivity (Wildman–Crippen MR) is 71.6 cm³/mol. The molecule has 0 atom stereocenters. The third-order valence-electron chi connectivity index (χ3n) is 2.66. The van der Waals surface area contributed by atoms with Crippen molar-refractivity contribution in [2.45, 2.75) is 20.0 Å². The monoisotopic (exact) mass is 246 g/mol. The number of benzene rings is 2. The zero-order chi connectivity index (χ0) is 12.1. The zero-order valence-corrected chi connectivity index (χ0v) is 10.6. The van der Waals surface area contributed by atoms with Gasteiger partial charge in [-0.25, -0.2) is 0 Å². The Labute approximate surface area is 107 Å². The van der Waals surface area contributed by atoms with Gasteiger partial charge in [0.1, 0.15) is 12.4 Å². The van der Waals surface area contributed by atoms with Gasteiger partial charge < -0.3 is 4.74 Å². The van der Waals surface area contributed by atoms with Gasteiger partial charge in [0.2, 0.25) is 0 Å². The summed E-state index contributed by atoms with van der Waals surface area (Å²) in [6, 6.07) is 16.0. The fraction of sp³-hybridized carbons (Fsp3) is 0.200. The molecule has 0 aliphatic carbocycles. The van der Waals surface area contributed by atoms with Gasteiger partial charge in [0.25, 0.3) is 0 Å². The molecule has 2 heteroatoms. The lowest BCUT2D eigenvalue weighted by atomic mass is 10.1. The van der Waals surface area contributed by atoms with Gasteiger partial charge >= 0.3 is 0 Å². The molecule has 17 heavy (non-hydrogen) atoms. The van der Waals surface area contributed by atoms with Crippen molar-refractivity contribution < 1.29 is 4.74 Å². The minimum absolute atomic E-state index is 0.549. The van der Waals surface area contributed by atoms with Crippen LogP contribution in [0.5, 0.6) is 5.75 Å².